The fourth-order valence-electron chi connectivity index (χ4n) is 2.93. The summed E-state index contributed by atoms with van der Waals surface area (Å²) in [6, 6.07) is 5.79. The van der Waals surface area contributed by atoms with Crippen LogP contribution in [0.15, 0.2) is 24.4 Å². The number of carbonyl (C=O) groups is 1. The molecule has 0 aliphatic heterocycles. The second kappa shape index (κ2) is 4.43. The summed E-state index contributed by atoms with van der Waals surface area (Å²) in [5.41, 5.74) is 2.17. The molecule has 94 valence electrons. The smallest absolute Gasteiger partial charge is 0.140 e. The maximum Gasteiger partial charge on any atom is 0.140 e. The number of hydrogen-bond donors (Lipinski definition) is 1. The van der Waals surface area contributed by atoms with Gasteiger partial charge in [-0.1, -0.05) is 18.5 Å². The number of aromatic nitrogens is 1. The third-order valence-electron chi connectivity index (χ3n) is 3.94. The number of hydrogen-bond acceptors (Lipinski definition) is 1. The molecule has 1 aliphatic carbocycles. The van der Waals surface area contributed by atoms with E-state index in [1.807, 2.05) is 24.4 Å². The first-order valence-electron chi connectivity index (χ1n) is 6.44. The fraction of sp³-hybridized carbons (Fsp3) is 0.400. The van der Waals surface area contributed by atoms with Crippen LogP contribution in [-0.4, -0.2) is 10.8 Å². The Hall–Kier alpha value is -1.28. The van der Waals surface area contributed by atoms with Crippen LogP contribution in [0.3, 0.4) is 0 Å². The topological polar surface area (TPSA) is 32.9 Å². The molecule has 2 unspecified atom stereocenters. The van der Waals surface area contributed by atoms with E-state index in [0.717, 1.165) is 34.3 Å². The third kappa shape index (κ3) is 1.95. The van der Waals surface area contributed by atoms with Gasteiger partial charge < -0.3 is 4.98 Å². The average molecular weight is 262 g/mol. The molecule has 0 bridgehead atoms. The summed E-state index contributed by atoms with van der Waals surface area (Å²) in [6.07, 6.45) is 4.76. The summed E-state index contributed by atoms with van der Waals surface area (Å²) in [7, 11) is 0. The maximum absolute atomic E-state index is 12.2. The first kappa shape index (κ1) is 11.8. The Kier molecular flexibility index (Phi) is 2.90. The Morgan fingerprint density at radius 2 is 2.17 bits per heavy atom. The number of halogens is 1. The third-order valence-corrected chi connectivity index (χ3v) is 4.17. The molecule has 2 atom stereocenters. The van der Waals surface area contributed by atoms with Crippen LogP contribution in [0.1, 0.15) is 37.7 Å². The number of carbonyl (C=O) groups excluding carboxylic acids is 1. The van der Waals surface area contributed by atoms with Gasteiger partial charge in [-0.15, -0.1) is 0 Å². The lowest BCUT2D eigenvalue weighted by atomic mass is 9.78. The van der Waals surface area contributed by atoms with Crippen molar-refractivity contribution < 1.29 is 4.79 Å². The Morgan fingerprint density at radius 3 is 2.94 bits per heavy atom. The van der Waals surface area contributed by atoms with Crippen molar-refractivity contribution in [3.63, 3.8) is 0 Å². The van der Waals surface area contributed by atoms with Crippen LogP contribution in [0, 0.1) is 5.92 Å². The molecule has 3 heteroatoms. The zero-order chi connectivity index (χ0) is 12.7. The number of ketones is 1. The molecule has 1 aromatic carbocycles. The van der Waals surface area contributed by atoms with Crippen molar-refractivity contribution in [2.75, 3.05) is 0 Å². The Balaban J connectivity index is 2.04. The Bertz CT molecular complexity index is 602. The molecule has 2 aromatic rings. The Labute approximate surface area is 111 Å². The van der Waals surface area contributed by atoms with Gasteiger partial charge in [0.05, 0.1) is 0 Å². The van der Waals surface area contributed by atoms with Gasteiger partial charge in [0.25, 0.3) is 0 Å². The van der Waals surface area contributed by atoms with Crippen molar-refractivity contribution in [1.29, 1.82) is 0 Å². The normalized spacial score (nSPS) is 24.7. The van der Waals surface area contributed by atoms with Gasteiger partial charge in [0.15, 0.2) is 0 Å². The minimum absolute atomic E-state index is 0.0495. The summed E-state index contributed by atoms with van der Waals surface area (Å²) in [5.74, 6) is 0.950. The summed E-state index contributed by atoms with van der Waals surface area (Å²) in [4.78, 5) is 15.4. The molecule has 1 fully saturated rings. The molecule has 0 radical (unpaired) electrons. The molecule has 3 rings (SSSR count). The largest absolute Gasteiger partial charge is 0.361 e. The molecular weight excluding hydrogens is 246 g/mol. The second-order valence-corrected chi connectivity index (χ2v) is 5.78. The van der Waals surface area contributed by atoms with Gasteiger partial charge in [0, 0.05) is 34.5 Å². The van der Waals surface area contributed by atoms with Gasteiger partial charge >= 0.3 is 0 Å². The standard InChI is InChI=1S/C15H16ClNO/c1-9-2-4-11(15(18)6-9)13-8-17-14-5-3-10(16)7-12(13)14/h3,5,7-9,11,17H,2,4,6H2,1H3. The van der Waals surface area contributed by atoms with E-state index in [2.05, 4.69) is 11.9 Å². The molecule has 1 aromatic heterocycles. The van der Waals surface area contributed by atoms with Gasteiger partial charge in [0.1, 0.15) is 5.78 Å². The van der Waals surface area contributed by atoms with E-state index in [1.165, 1.54) is 0 Å². The van der Waals surface area contributed by atoms with Gasteiger partial charge in [-0.3, -0.25) is 4.79 Å². The molecule has 1 aliphatic rings. The van der Waals surface area contributed by atoms with Crippen molar-refractivity contribution in [1.82, 2.24) is 4.98 Å². The molecule has 1 saturated carbocycles. The van der Waals surface area contributed by atoms with E-state index in [1.54, 1.807) is 0 Å². The molecule has 18 heavy (non-hydrogen) atoms. The molecule has 0 spiro atoms. The van der Waals surface area contributed by atoms with Crippen LogP contribution in [0.4, 0.5) is 0 Å². The predicted octanol–water partition coefficient (Wildman–Crippen LogP) is 4.29. The number of aromatic amines is 1. The van der Waals surface area contributed by atoms with Gasteiger partial charge in [-0.2, -0.15) is 0 Å². The number of Topliss-reactive ketones (excluding diaryl/α,β-unsaturated/α-hetero) is 1. The Morgan fingerprint density at radius 1 is 1.33 bits per heavy atom. The molecule has 2 nitrogen and oxygen atoms in total. The number of fused-ring (bicyclic) bond motifs is 1. The monoisotopic (exact) mass is 261 g/mol. The first-order chi connectivity index (χ1) is 8.65. The number of benzene rings is 1. The van der Waals surface area contributed by atoms with E-state index in [-0.39, 0.29) is 5.92 Å². The van der Waals surface area contributed by atoms with E-state index >= 15 is 0 Å². The minimum Gasteiger partial charge on any atom is -0.361 e. The highest BCUT2D eigenvalue weighted by atomic mass is 35.5. The quantitative estimate of drug-likeness (QED) is 0.816. The van der Waals surface area contributed by atoms with E-state index in [9.17, 15) is 4.79 Å². The fourth-order valence-corrected chi connectivity index (χ4v) is 3.10. The van der Waals surface area contributed by atoms with E-state index in [4.69, 9.17) is 11.6 Å². The second-order valence-electron chi connectivity index (χ2n) is 5.34. The van der Waals surface area contributed by atoms with E-state index in [0.29, 0.717) is 18.1 Å². The van der Waals surface area contributed by atoms with Crippen molar-refractivity contribution in [2.24, 2.45) is 5.92 Å². The SMILES string of the molecule is CC1CCC(c2c[nH]c3ccc(Cl)cc23)C(=O)C1. The van der Waals surface area contributed by atoms with E-state index < -0.39 is 0 Å². The van der Waals surface area contributed by atoms with Gasteiger partial charge in [-0.25, -0.2) is 0 Å². The predicted molar refractivity (Wildman–Crippen MR) is 74.1 cm³/mol. The summed E-state index contributed by atoms with van der Waals surface area (Å²) >= 11 is 6.05. The highest BCUT2D eigenvalue weighted by molar-refractivity contribution is 6.31. The van der Waals surface area contributed by atoms with Crippen molar-refractivity contribution in [2.45, 2.75) is 32.1 Å². The highest BCUT2D eigenvalue weighted by Gasteiger charge is 2.29. The lowest BCUT2D eigenvalue weighted by molar-refractivity contribution is -0.122. The lowest BCUT2D eigenvalue weighted by Crippen LogP contribution is -2.21. The van der Waals surface area contributed by atoms with Crippen molar-refractivity contribution in [3.8, 4) is 0 Å². The molecule has 0 amide bonds. The summed E-state index contributed by atoms with van der Waals surface area (Å²) in [6.45, 7) is 2.15. The minimum atomic E-state index is 0.0495. The van der Waals surface area contributed by atoms with Crippen LogP contribution in [-0.2, 0) is 4.79 Å². The number of nitrogens with one attached hydrogen (secondary N) is 1. The van der Waals surface area contributed by atoms with Gasteiger partial charge in [-0.05, 0) is 42.5 Å². The van der Waals surface area contributed by atoms with Gasteiger partial charge in [0.2, 0.25) is 0 Å². The van der Waals surface area contributed by atoms with Crippen LogP contribution in [0.25, 0.3) is 10.9 Å². The highest BCUT2D eigenvalue weighted by Crippen LogP contribution is 2.36. The average Bonchev–Trinajstić information content (AvgIpc) is 2.72. The lowest BCUT2D eigenvalue weighted by Gasteiger charge is -2.24. The zero-order valence-electron chi connectivity index (χ0n) is 10.4. The maximum atomic E-state index is 12.2. The first-order valence-corrected chi connectivity index (χ1v) is 6.82. The van der Waals surface area contributed by atoms with Crippen molar-refractivity contribution >= 4 is 28.3 Å². The van der Waals surface area contributed by atoms with Crippen LogP contribution < -0.4 is 0 Å². The zero-order valence-corrected chi connectivity index (χ0v) is 11.1. The van der Waals surface area contributed by atoms with Crippen LogP contribution in [0.5, 0.6) is 0 Å². The molecule has 0 saturated heterocycles. The van der Waals surface area contributed by atoms with Crippen molar-refractivity contribution in [3.05, 3.63) is 35.0 Å². The number of H-pyrrole nitrogens is 1. The van der Waals surface area contributed by atoms with Crippen LogP contribution >= 0.6 is 11.6 Å². The molecule has 1 N–H and O–H groups in total. The molecule has 1 heterocycles. The summed E-state index contributed by atoms with van der Waals surface area (Å²) < 4.78 is 0. The summed E-state index contributed by atoms with van der Waals surface area (Å²) in [5, 5.41) is 1.82. The molecular formula is C15H16ClNO. The number of rotatable bonds is 1. The van der Waals surface area contributed by atoms with Crippen LogP contribution in [0.2, 0.25) is 5.02 Å².